The molecule has 0 unspecified atom stereocenters. The Morgan fingerprint density at radius 2 is 1.61 bits per heavy atom. The number of fused-ring (bicyclic) bond motifs is 2. The summed E-state index contributed by atoms with van der Waals surface area (Å²) in [5, 5.41) is 9.89. The van der Waals surface area contributed by atoms with Gasteiger partial charge < -0.3 is 14.6 Å². The van der Waals surface area contributed by atoms with Gasteiger partial charge in [-0.05, 0) is 79.2 Å². The minimum Gasteiger partial charge on any atom is -0.744 e. The molecule has 2 aromatic rings. The molecule has 0 atom stereocenters. The molecule has 1 aromatic heterocycles. The van der Waals surface area contributed by atoms with Crippen LogP contribution in [-0.4, -0.2) is 73.7 Å². The van der Waals surface area contributed by atoms with Crippen molar-refractivity contribution in [1.29, 1.82) is 0 Å². The third-order valence-corrected chi connectivity index (χ3v) is 11.5. The Bertz CT molecular complexity index is 2190. The normalized spacial score (nSPS) is 18.0. The fourth-order valence-electron chi connectivity index (χ4n) is 6.22. The average molecular weight is 786 g/mol. The second-order valence-corrected chi connectivity index (χ2v) is 18.4. The van der Waals surface area contributed by atoms with E-state index in [1.807, 2.05) is 27.7 Å². The second kappa shape index (κ2) is 14.9. The van der Waals surface area contributed by atoms with Gasteiger partial charge in [0.2, 0.25) is 0 Å². The van der Waals surface area contributed by atoms with E-state index in [9.17, 15) is 44.3 Å². The second-order valence-electron chi connectivity index (χ2n) is 13.4. The van der Waals surface area contributed by atoms with Crippen LogP contribution < -0.4 is 9.47 Å². The van der Waals surface area contributed by atoms with Crippen LogP contribution in [0.4, 0.5) is 11.5 Å². The topological polar surface area (TPSA) is 223 Å². The van der Waals surface area contributed by atoms with Crippen LogP contribution in [0.2, 0.25) is 5.02 Å². The molecule has 0 saturated heterocycles. The molecule has 1 aromatic carbocycles. The molecule has 3 N–H and O–H groups in total. The van der Waals surface area contributed by atoms with E-state index in [0.717, 1.165) is 5.56 Å². The molecule has 0 saturated carbocycles. The highest BCUT2D eigenvalue weighted by molar-refractivity contribution is 7.86. The van der Waals surface area contributed by atoms with Crippen LogP contribution in [-0.2, 0) is 52.5 Å². The van der Waals surface area contributed by atoms with Gasteiger partial charge in [0.1, 0.15) is 16.3 Å². The quantitative estimate of drug-likeness (QED) is 0.129. The van der Waals surface area contributed by atoms with Crippen LogP contribution in [0, 0.1) is 0 Å². The Balaban J connectivity index is 1.75. The van der Waals surface area contributed by atoms with Gasteiger partial charge in [0.15, 0.2) is 5.71 Å². The number of aliphatic imine (C=N–C) groups is 1. The maximum absolute atomic E-state index is 11.9. The van der Waals surface area contributed by atoms with Crippen molar-refractivity contribution in [2.24, 2.45) is 4.99 Å². The largest absolute Gasteiger partial charge is 0.744 e. The summed E-state index contributed by atoms with van der Waals surface area (Å²) in [6.45, 7) is 7.83. The van der Waals surface area contributed by atoms with E-state index in [-0.39, 0.29) is 38.8 Å². The first-order valence-electron chi connectivity index (χ1n) is 15.8. The van der Waals surface area contributed by atoms with Crippen LogP contribution in [0.1, 0.15) is 64.5 Å². The Morgan fingerprint density at radius 1 is 0.961 bits per heavy atom. The molecule has 0 fully saturated rings. The summed E-state index contributed by atoms with van der Waals surface area (Å²) < 4.78 is 101. The monoisotopic (exact) mass is 785 g/mol. The SMILES string of the molecule is CC1(C)C(=CC=C(C=CC2=Nc3c(cc(Cl)c[n+]3CCCS(=O)(=O)O)C2(C)C)CCC(=O)O)N(CCCS(=O)(=O)O)c2ccc(S(=O)(=O)[O-])cc21. The highest BCUT2D eigenvalue weighted by Crippen LogP contribution is 2.48. The third kappa shape index (κ3) is 9.91. The Morgan fingerprint density at radius 3 is 2.22 bits per heavy atom. The van der Waals surface area contributed by atoms with E-state index in [4.69, 9.17) is 21.1 Å². The smallest absolute Gasteiger partial charge is 0.327 e. The van der Waals surface area contributed by atoms with Crippen LogP contribution in [0.15, 0.2) is 75.9 Å². The number of anilines is 1. The van der Waals surface area contributed by atoms with Crippen LogP contribution >= 0.6 is 11.6 Å². The number of pyridine rings is 1. The summed E-state index contributed by atoms with van der Waals surface area (Å²) >= 11 is 6.41. The number of nitrogens with zero attached hydrogens (tertiary/aromatic N) is 3. The van der Waals surface area contributed by atoms with Crippen molar-refractivity contribution in [3.8, 4) is 0 Å². The highest BCUT2D eigenvalue weighted by atomic mass is 35.5. The van der Waals surface area contributed by atoms with Crippen molar-refractivity contribution in [3.63, 3.8) is 0 Å². The van der Waals surface area contributed by atoms with Crippen molar-refractivity contribution < 1.29 is 53.4 Å². The van der Waals surface area contributed by atoms with Crippen molar-refractivity contribution in [1.82, 2.24) is 0 Å². The average Bonchev–Trinajstić information content (AvgIpc) is 3.36. The third-order valence-electron chi connectivity index (χ3n) is 8.89. The number of benzene rings is 1. The minimum absolute atomic E-state index is 0.0259. The first kappa shape index (κ1) is 40.3. The number of halogens is 1. The van der Waals surface area contributed by atoms with E-state index in [0.29, 0.717) is 39.1 Å². The molecule has 14 nitrogen and oxygen atoms in total. The highest BCUT2D eigenvalue weighted by Gasteiger charge is 2.43. The molecule has 4 rings (SSSR count). The van der Waals surface area contributed by atoms with Gasteiger partial charge in [-0.1, -0.05) is 37.6 Å². The maximum atomic E-state index is 11.9. The zero-order valence-electron chi connectivity index (χ0n) is 28.4. The van der Waals surface area contributed by atoms with Crippen molar-refractivity contribution in [2.75, 3.05) is 23.0 Å². The van der Waals surface area contributed by atoms with Crippen molar-refractivity contribution in [3.05, 3.63) is 82.2 Å². The number of carboxylic acids is 1. The zero-order valence-corrected chi connectivity index (χ0v) is 31.6. The van der Waals surface area contributed by atoms with Gasteiger partial charge in [-0.15, -0.1) is 0 Å². The van der Waals surface area contributed by atoms with E-state index in [1.165, 1.54) is 18.2 Å². The fraction of sp³-hybridized carbons (Fsp3) is 0.424. The first-order chi connectivity index (χ1) is 23.4. The standard InChI is InChI=1S/C33H40ClN3O11S3/c1-32(2)26-19-23(34)21-36(15-5-17-49(40,41)42)31(26)35-28(32)12-7-22(9-14-30(38)39)8-13-29-33(3,4)25-20-24(51(46,47)48)10-11-27(25)37(29)16-6-18-50(43,44)45/h7-8,10-13,19-21H,5-6,9,14-18H2,1-4H3,(H3-,38,39,40,41,42,43,44,45,46,47,48). The number of aromatic nitrogens is 1. The molecule has 18 heteroatoms. The molecule has 0 aliphatic carbocycles. The summed E-state index contributed by atoms with van der Waals surface area (Å²) in [5.74, 6) is -1.43. The van der Waals surface area contributed by atoms with Crippen molar-refractivity contribution >= 4 is 65.1 Å². The number of allylic oxidation sites excluding steroid dienone is 6. The Kier molecular flexibility index (Phi) is 11.8. The van der Waals surface area contributed by atoms with Crippen LogP contribution in [0.5, 0.6) is 0 Å². The minimum atomic E-state index is -4.78. The van der Waals surface area contributed by atoms with Crippen molar-refractivity contribution in [2.45, 2.75) is 75.6 Å². The van der Waals surface area contributed by atoms with Gasteiger partial charge in [0, 0.05) is 36.2 Å². The fourth-order valence-corrected chi connectivity index (χ4v) is 7.93. The molecule has 278 valence electrons. The number of aryl methyl sites for hydroxylation is 1. The lowest BCUT2D eigenvalue weighted by molar-refractivity contribution is -0.684. The Labute approximate surface area is 303 Å². The lowest BCUT2D eigenvalue weighted by Gasteiger charge is -2.27. The molecule has 0 bridgehead atoms. The van der Waals surface area contributed by atoms with Crippen LogP contribution in [0.3, 0.4) is 0 Å². The molecule has 51 heavy (non-hydrogen) atoms. The van der Waals surface area contributed by atoms with Gasteiger partial charge in [0.05, 0.1) is 38.9 Å². The molecular formula is C33H40ClN3O11S3. The van der Waals surface area contributed by atoms with E-state index in [2.05, 4.69) is 0 Å². The number of carbonyl (C=O) groups is 1. The molecule has 2 aliphatic rings. The summed E-state index contributed by atoms with van der Waals surface area (Å²) in [5.41, 5.74) is 2.12. The van der Waals surface area contributed by atoms with Gasteiger partial charge in [-0.3, -0.25) is 13.9 Å². The predicted octanol–water partition coefficient (Wildman–Crippen LogP) is 4.48. The summed E-state index contributed by atoms with van der Waals surface area (Å²) in [6, 6.07) is 5.72. The molecular weight excluding hydrogens is 746 g/mol. The number of aliphatic carboxylic acids is 1. The lowest BCUT2D eigenvalue weighted by Crippen LogP contribution is -2.36. The summed E-state index contributed by atoms with van der Waals surface area (Å²) in [6.07, 6.45) is 8.62. The van der Waals surface area contributed by atoms with Gasteiger partial charge in [-0.25, -0.2) is 13.0 Å². The Hall–Kier alpha value is -3.45. The zero-order chi connectivity index (χ0) is 38.2. The van der Waals surface area contributed by atoms with Gasteiger partial charge in [-0.2, -0.15) is 16.8 Å². The lowest BCUT2D eigenvalue weighted by atomic mass is 9.82. The van der Waals surface area contributed by atoms with E-state index < -0.39 is 63.6 Å². The molecule has 3 heterocycles. The first-order valence-corrected chi connectivity index (χ1v) is 20.8. The number of carboxylic acid groups (broad SMARTS) is 1. The number of rotatable bonds is 15. The van der Waals surface area contributed by atoms with E-state index in [1.54, 1.807) is 46.0 Å². The number of hydrogen-bond acceptors (Lipinski definition) is 10. The molecule has 0 spiro atoms. The van der Waals surface area contributed by atoms with Gasteiger partial charge in [0.25, 0.3) is 20.2 Å². The van der Waals surface area contributed by atoms with E-state index >= 15 is 0 Å². The molecule has 0 radical (unpaired) electrons. The van der Waals surface area contributed by atoms with Gasteiger partial charge >= 0.3 is 11.8 Å². The van der Waals surface area contributed by atoms with Crippen LogP contribution in [0.25, 0.3) is 0 Å². The molecule has 2 aliphatic heterocycles. The maximum Gasteiger partial charge on any atom is 0.327 e. The molecule has 0 amide bonds. The number of hydrogen-bond donors (Lipinski definition) is 3. The summed E-state index contributed by atoms with van der Waals surface area (Å²) in [7, 11) is -13.2. The predicted molar refractivity (Wildman–Crippen MR) is 191 cm³/mol. The summed E-state index contributed by atoms with van der Waals surface area (Å²) in [4.78, 5) is 17.8.